The van der Waals surface area contributed by atoms with Crippen molar-refractivity contribution in [3.8, 4) is 0 Å². The molecule has 0 aromatic heterocycles. The first kappa shape index (κ1) is 13.6. The van der Waals surface area contributed by atoms with Gasteiger partial charge in [0, 0.05) is 0 Å². The van der Waals surface area contributed by atoms with Crippen LogP contribution in [0.4, 0.5) is 0 Å². The van der Waals surface area contributed by atoms with Gasteiger partial charge in [0.1, 0.15) is 0 Å². The Hall–Kier alpha value is -1.08. The van der Waals surface area contributed by atoms with Crippen molar-refractivity contribution in [3.63, 3.8) is 0 Å². The van der Waals surface area contributed by atoms with Gasteiger partial charge in [-0.1, -0.05) is 76.5 Å². The summed E-state index contributed by atoms with van der Waals surface area (Å²) >= 11 is 4.20. The molecule has 0 saturated heterocycles. The fourth-order valence-electron chi connectivity index (χ4n) is 4.33. The van der Waals surface area contributed by atoms with Crippen molar-refractivity contribution in [3.05, 3.63) is 59.7 Å². The zero-order valence-corrected chi connectivity index (χ0v) is 13.9. The lowest BCUT2D eigenvalue weighted by Gasteiger charge is -2.42. The van der Waals surface area contributed by atoms with Gasteiger partial charge in [-0.2, -0.15) is 0 Å². The first-order valence-corrected chi connectivity index (χ1v) is 8.96. The molecule has 2 aromatic rings. The highest BCUT2D eigenvalue weighted by Gasteiger charge is 2.41. The van der Waals surface area contributed by atoms with Crippen molar-refractivity contribution >= 4 is 26.7 Å². The zero-order chi connectivity index (χ0) is 14.3. The van der Waals surface area contributed by atoms with Crippen LogP contribution in [0.2, 0.25) is 0 Å². The number of benzene rings is 2. The summed E-state index contributed by atoms with van der Waals surface area (Å²) in [5.74, 6) is 0.797. The molecule has 0 nitrogen and oxygen atoms in total. The summed E-state index contributed by atoms with van der Waals surface area (Å²) in [6.07, 6.45) is 10.5. The molecule has 0 heterocycles. The Morgan fingerprint density at radius 1 is 0.952 bits per heavy atom. The van der Waals surface area contributed by atoms with Crippen molar-refractivity contribution in [2.45, 2.75) is 42.8 Å². The standard InChI is InChI=1S/C20H21Br/c21-20(14-6-10-16-8-2-4-12-18(16)20)19-13-5-9-15-7-1-3-11-17(15)19/h1,3,5,7,9,11-13,16H,2,4,6,8,10,14H2. The van der Waals surface area contributed by atoms with E-state index in [4.69, 9.17) is 0 Å². The topological polar surface area (TPSA) is 0 Å². The lowest BCUT2D eigenvalue weighted by atomic mass is 9.69. The summed E-state index contributed by atoms with van der Waals surface area (Å²) in [6, 6.07) is 15.6. The molecule has 2 aromatic carbocycles. The van der Waals surface area contributed by atoms with Crippen LogP contribution in [0.15, 0.2) is 54.1 Å². The summed E-state index contributed by atoms with van der Waals surface area (Å²) in [7, 11) is 0. The molecule has 1 saturated carbocycles. The summed E-state index contributed by atoms with van der Waals surface area (Å²) in [5, 5.41) is 2.76. The minimum Gasteiger partial charge on any atom is -0.0833 e. The summed E-state index contributed by atoms with van der Waals surface area (Å²) in [6.45, 7) is 0. The maximum atomic E-state index is 4.20. The SMILES string of the molecule is BrC1(c2cccc3ccccc23)CCCC2CCCC=C21. The molecule has 4 rings (SSSR count). The second-order valence-corrected chi connectivity index (χ2v) is 7.86. The number of fused-ring (bicyclic) bond motifs is 2. The molecule has 2 unspecified atom stereocenters. The van der Waals surface area contributed by atoms with Gasteiger partial charge in [0.15, 0.2) is 0 Å². The summed E-state index contributed by atoms with van der Waals surface area (Å²) < 4.78 is 0.0667. The largest absolute Gasteiger partial charge is 0.0833 e. The van der Waals surface area contributed by atoms with Gasteiger partial charge in [-0.3, -0.25) is 0 Å². The number of halogens is 1. The highest BCUT2D eigenvalue weighted by atomic mass is 79.9. The zero-order valence-electron chi connectivity index (χ0n) is 12.3. The fourth-order valence-corrected chi connectivity index (χ4v) is 5.44. The van der Waals surface area contributed by atoms with Crippen molar-refractivity contribution in [1.29, 1.82) is 0 Å². The van der Waals surface area contributed by atoms with Gasteiger partial charge < -0.3 is 0 Å². The van der Waals surface area contributed by atoms with Gasteiger partial charge in [0.25, 0.3) is 0 Å². The predicted molar refractivity (Wildman–Crippen MR) is 93.8 cm³/mol. The molecule has 0 aliphatic heterocycles. The minimum atomic E-state index is 0.0667. The van der Waals surface area contributed by atoms with Gasteiger partial charge in [0.2, 0.25) is 0 Å². The molecule has 2 atom stereocenters. The molecule has 0 N–H and O–H groups in total. The van der Waals surface area contributed by atoms with Crippen LogP contribution >= 0.6 is 15.9 Å². The first-order chi connectivity index (χ1) is 10.3. The van der Waals surface area contributed by atoms with E-state index in [0.29, 0.717) is 0 Å². The van der Waals surface area contributed by atoms with Gasteiger partial charge >= 0.3 is 0 Å². The van der Waals surface area contributed by atoms with Gasteiger partial charge in [0.05, 0.1) is 4.32 Å². The van der Waals surface area contributed by atoms with Crippen LogP contribution in [0.1, 0.15) is 44.1 Å². The first-order valence-electron chi connectivity index (χ1n) is 8.17. The number of hydrogen-bond donors (Lipinski definition) is 0. The molecular weight excluding hydrogens is 320 g/mol. The Morgan fingerprint density at radius 3 is 2.71 bits per heavy atom. The highest BCUT2D eigenvalue weighted by Crippen LogP contribution is 2.54. The third kappa shape index (κ3) is 2.17. The lowest BCUT2D eigenvalue weighted by molar-refractivity contribution is 0.363. The monoisotopic (exact) mass is 340 g/mol. The minimum absolute atomic E-state index is 0.0667. The average molecular weight is 341 g/mol. The smallest absolute Gasteiger partial charge is 0.0723 e. The van der Waals surface area contributed by atoms with E-state index in [9.17, 15) is 0 Å². The number of alkyl halides is 1. The maximum Gasteiger partial charge on any atom is 0.0723 e. The number of rotatable bonds is 1. The fraction of sp³-hybridized carbons (Fsp3) is 0.400. The molecule has 1 fully saturated rings. The van der Waals surface area contributed by atoms with E-state index < -0.39 is 0 Å². The van der Waals surface area contributed by atoms with Gasteiger partial charge in [-0.05, 0) is 54.4 Å². The second-order valence-electron chi connectivity index (χ2n) is 6.51. The molecular formula is C20H21Br. The van der Waals surface area contributed by atoms with E-state index in [1.807, 2.05) is 0 Å². The van der Waals surface area contributed by atoms with E-state index in [-0.39, 0.29) is 4.32 Å². The molecule has 108 valence electrons. The highest BCUT2D eigenvalue weighted by molar-refractivity contribution is 9.09. The molecule has 1 heteroatoms. The quantitative estimate of drug-likeness (QED) is 0.419. The third-order valence-electron chi connectivity index (χ3n) is 5.31. The predicted octanol–water partition coefficient (Wildman–Crippen LogP) is 6.34. The van der Waals surface area contributed by atoms with Crippen LogP contribution in [-0.2, 0) is 4.32 Å². The number of allylic oxidation sites excluding steroid dienone is 2. The molecule has 2 aliphatic carbocycles. The molecule has 21 heavy (non-hydrogen) atoms. The Labute approximate surface area is 135 Å². The normalized spacial score (nSPS) is 29.0. The van der Waals surface area contributed by atoms with Crippen molar-refractivity contribution in [2.75, 3.05) is 0 Å². The number of hydrogen-bond acceptors (Lipinski definition) is 0. The van der Waals surface area contributed by atoms with Crippen LogP contribution in [-0.4, -0.2) is 0 Å². The van der Waals surface area contributed by atoms with E-state index in [1.165, 1.54) is 54.9 Å². The van der Waals surface area contributed by atoms with Crippen LogP contribution in [0.3, 0.4) is 0 Å². The van der Waals surface area contributed by atoms with Crippen molar-refractivity contribution < 1.29 is 0 Å². The molecule has 0 radical (unpaired) electrons. The summed E-state index contributed by atoms with van der Waals surface area (Å²) in [4.78, 5) is 0. The van der Waals surface area contributed by atoms with Gasteiger partial charge in [-0.25, -0.2) is 0 Å². The van der Waals surface area contributed by atoms with Crippen LogP contribution < -0.4 is 0 Å². The molecule has 0 amide bonds. The molecule has 0 spiro atoms. The summed E-state index contributed by atoms with van der Waals surface area (Å²) in [5.41, 5.74) is 3.13. The molecule has 2 aliphatic rings. The van der Waals surface area contributed by atoms with E-state index in [2.05, 4.69) is 64.5 Å². The van der Waals surface area contributed by atoms with Crippen LogP contribution in [0.5, 0.6) is 0 Å². The Morgan fingerprint density at radius 2 is 1.76 bits per heavy atom. The average Bonchev–Trinajstić information content (AvgIpc) is 2.55. The Bertz CT molecular complexity index is 695. The molecule has 0 bridgehead atoms. The Kier molecular flexibility index (Phi) is 3.41. The van der Waals surface area contributed by atoms with E-state index in [1.54, 1.807) is 5.57 Å². The van der Waals surface area contributed by atoms with Crippen LogP contribution in [0.25, 0.3) is 10.8 Å². The maximum absolute atomic E-state index is 4.20. The van der Waals surface area contributed by atoms with Crippen molar-refractivity contribution in [2.24, 2.45) is 5.92 Å². The van der Waals surface area contributed by atoms with Crippen LogP contribution in [0, 0.1) is 5.92 Å². The third-order valence-corrected chi connectivity index (χ3v) is 6.59. The second kappa shape index (κ2) is 5.28. The van der Waals surface area contributed by atoms with E-state index >= 15 is 0 Å². The Balaban J connectivity index is 1.91. The lowest BCUT2D eigenvalue weighted by Crippen LogP contribution is -2.32. The van der Waals surface area contributed by atoms with Gasteiger partial charge in [-0.15, -0.1) is 0 Å². The van der Waals surface area contributed by atoms with E-state index in [0.717, 1.165) is 5.92 Å². The van der Waals surface area contributed by atoms with Crippen molar-refractivity contribution in [1.82, 2.24) is 0 Å².